The predicted molar refractivity (Wildman–Crippen MR) is 98.4 cm³/mol. The molecule has 0 saturated carbocycles. The highest BCUT2D eigenvalue weighted by Gasteiger charge is 2.30. The van der Waals surface area contributed by atoms with E-state index in [2.05, 4.69) is 39.8 Å². The monoisotopic (exact) mass is 364 g/mol. The highest BCUT2D eigenvalue weighted by Crippen LogP contribution is 2.21. The molecule has 3 rings (SSSR count). The smallest absolute Gasteiger partial charge is 0.249 e. The van der Waals surface area contributed by atoms with E-state index >= 15 is 0 Å². The number of hydrogen-bond acceptors (Lipinski definition) is 5. The van der Waals surface area contributed by atoms with Crippen LogP contribution in [0.2, 0.25) is 0 Å². The maximum Gasteiger partial charge on any atom is 0.249 e. The van der Waals surface area contributed by atoms with Crippen LogP contribution in [0.3, 0.4) is 0 Å². The summed E-state index contributed by atoms with van der Waals surface area (Å²) in [6.07, 6.45) is 0.996. The van der Waals surface area contributed by atoms with Gasteiger partial charge in [-0.05, 0) is 37.9 Å². The Morgan fingerprint density at radius 1 is 1.32 bits per heavy atom. The second kappa shape index (κ2) is 8.45. The Morgan fingerprint density at radius 3 is 2.56 bits per heavy atom. The molecular weight excluding hydrogens is 340 g/mol. The average Bonchev–Trinajstić information content (AvgIpc) is 3.03. The summed E-state index contributed by atoms with van der Waals surface area (Å²) < 4.78 is 5.33. The van der Waals surface area contributed by atoms with Crippen molar-refractivity contribution in [1.29, 1.82) is 0 Å². The summed E-state index contributed by atoms with van der Waals surface area (Å²) in [5, 5.41) is 10.2. The van der Waals surface area contributed by atoms with E-state index in [9.17, 15) is 4.79 Å². The number of nitrogens with one attached hydrogen (secondary N) is 2. The number of amides is 1. The van der Waals surface area contributed by atoms with Gasteiger partial charge in [0.15, 0.2) is 0 Å². The first kappa shape index (κ1) is 19.4. The maximum atomic E-state index is 12.3. The van der Waals surface area contributed by atoms with Gasteiger partial charge in [0.1, 0.15) is 6.04 Å². The van der Waals surface area contributed by atoms with E-state index in [4.69, 9.17) is 4.52 Å². The lowest BCUT2D eigenvalue weighted by molar-refractivity contribution is -0.127. The van der Waals surface area contributed by atoms with Gasteiger partial charge in [0.05, 0.1) is 0 Å². The average molecular weight is 365 g/mol. The lowest BCUT2D eigenvalue weighted by Gasteiger charge is -2.32. The van der Waals surface area contributed by atoms with E-state index in [0.29, 0.717) is 17.6 Å². The first-order valence-corrected chi connectivity index (χ1v) is 8.52. The summed E-state index contributed by atoms with van der Waals surface area (Å²) in [5.74, 6) is 1.40. The van der Waals surface area contributed by atoms with Crippen molar-refractivity contribution in [3.63, 3.8) is 0 Å². The highest BCUT2D eigenvalue weighted by molar-refractivity contribution is 5.85. The van der Waals surface area contributed by atoms with E-state index in [1.54, 1.807) is 0 Å². The van der Waals surface area contributed by atoms with Crippen LogP contribution in [0.5, 0.6) is 0 Å². The van der Waals surface area contributed by atoms with Gasteiger partial charge < -0.3 is 15.2 Å². The molecule has 2 N–H and O–H groups in total. The van der Waals surface area contributed by atoms with E-state index in [1.165, 1.54) is 5.56 Å². The number of halogens is 1. The van der Waals surface area contributed by atoms with Crippen LogP contribution in [0.15, 0.2) is 28.8 Å². The first-order valence-electron chi connectivity index (χ1n) is 8.52. The molecule has 1 aliphatic rings. The summed E-state index contributed by atoms with van der Waals surface area (Å²) in [5.41, 5.74) is 2.18. The molecular formula is C18H25ClN4O2. The summed E-state index contributed by atoms with van der Waals surface area (Å²) in [4.78, 5) is 16.7. The number of aryl methyl sites for hydroxylation is 1. The number of hydrogen-bond donors (Lipinski definition) is 2. The zero-order valence-corrected chi connectivity index (χ0v) is 15.6. The van der Waals surface area contributed by atoms with E-state index in [-0.39, 0.29) is 30.3 Å². The fraction of sp³-hybridized carbons (Fsp3) is 0.500. The zero-order chi connectivity index (χ0) is 17.1. The molecule has 2 aromatic rings. The Balaban J connectivity index is 0.00000225. The molecule has 0 bridgehead atoms. The number of nitrogens with zero attached hydrogens (tertiary/aromatic N) is 2. The molecule has 2 atom stereocenters. The molecule has 1 saturated heterocycles. The van der Waals surface area contributed by atoms with Crippen molar-refractivity contribution in [1.82, 2.24) is 20.8 Å². The molecule has 1 aliphatic heterocycles. The Kier molecular flexibility index (Phi) is 6.56. The highest BCUT2D eigenvalue weighted by atomic mass is 35.5. The van der Waals surface area contributed by atoms with Crippen LogP contribution in [0.1, 0.15) is 38.3 Å². The number of benzene rings is 1. The molecule has 1 aromatic carbocycles. The number of carbonyl (C=O) groups is 1. The van der Waals surface area contributed by atoms with E-state index in [1.807, 2.05) is 26.0 Å². The summed E-state index contributed by atoms with van der Waals surface area (Å²) in [7, 11) is 0. The van der Waals surface area contributed by atoms with E-state index in [0.717, 1.165) is 25.1 Å². The predicted octanol–water partition coefficient (Wildman–Crippen LogP) is 2.75. The molecule has 136 valence electrons. The minimum absolute atomic E-state index is 0. The minimum atomic E-state index is -0.302. The molecule has 2 heterocycles. The molecule has 1 fully saturated rings. The Bertz CT molecular complexity index is 697. The van der Waals surface area contributed by atoms with Gasteiger partial charge in [0.25, 0.3) is 0 Å². The minimum Gasteiger partial charge on any atom is -0.344 e. The van der Waals surface area contributed by atoms with Crippen molar-refractivity contribution < 1.29 is 9.32 Å². The van der Waals surface area contributed by atoms with Gasteiger partial charge in [-0.3, -0.25) is 4.79 Å². The van der Waals surface area contributed by atoms with Crippen molar-refractivity contribution in [2.45, 2.75) is 33.2 Å². The lowest BCUT2D eigenvalue weighted by atomic mass is 9.88. The quantitative estimate of drug-likeness (QED) is 0.823. The first-order chi connectivity index (χ1) is 11.6. The van der Waals surface area contributed by atoms with Crippen LogP contribution < -0.4 is 10.6 Å². The number of rotatable bonds is 6. The summed E-state index contributed by atoms with van der Waals surface area (Å²) >= 11 is 0. The Labute approximate surface area is 154 Å². The normalized spacial score (nSPS) is 16.4. The molecule has 6 nitrogen and oxygen atoms in total. The van der Waals surface area contributed by atoms with Gasteiger partial charge >= 0.3 is 0 Å². The van der Waals surface area contributed by atoms with Crippen LogP contribution in [0.25, 0.3) is 11.4 Å². The Morgan fingerprint density at radius 2 is 2.00 bits per heavy atom. The summed E-state index contributed by atoms with van der Waals surface area (Å²) in [6.45, 7) is 7.75. The van der Waals surface area contributed by atoms with Crippen molar-refractivity contribution in [3.8, 4) is 11.4 Å². The number of carbonyl (C=O) groups excluding carboxylic acids is 1. The molecule has 1 amide bonds. The topological polar surface area (TPSA) is 80.0 Å². The Hall–Kier alpha value is -1.92. The lowest BCUT2D eigenvalue weighted by Crippen LogP contribution is -2.49. The van der Waals surface area contributed by atoms with Crippen molar-refractivity contribution in [3.05, 3.63) is 35.7 Å². The standard InChI is InChI=1S/C18H24N4O2.ClH/c1-4-13-5-7-14(8-6-13)16-21-18(24-22-16)12(3)20-17(23)11(2)15-9-19-10-15;/h5-8,11-12,15,19H,4,9-10H2,1-3H3,(H,20,23);1H. The van der Waals surface area contributed by atoms with Gasteiger partial charge in [-0.2, -0.15) is 4.98 Å². The third-order valence-electron chi connectivity index (χ3n) is 4.73. The van der Waals surface area contributed by atoms with Gasteiger partial charge in [-0.15, -0.1) is 12.4 Å². The maximum absolute atomic E-state index is 12.3. The van der Waals surface area contributed by atoms with Gasteiger partial charge in [0.2, 0.25) is 17.6 Å². The zero-order valence-electron chi connectivity index (χ0n) is 14.8. The van der Waals surface area contributed by atoms with E-state index < -0.39 is 0 Å². The SMILES string of the molecule is CCc1ccc(-c2noc(C(C)NC(=O)C(C)C3CNC3)n2)cc1.Cl. The van der Waals surface area contributed by atoms with Gasteiger partial charge in [0, 0.05) is 11.5 Å². The molecule has 0 radical (unpaired) electrons. The van der Waals surface area contributed by atoms with Crippen LogP contribution in [-0.4, -0.2) is 29.1 Å². The third kappa shape index (κ3) is 4.38. The molecule has 0 spiro atoms. The van der Waals surface area contributed by atoms with Crippen LogP contribution >= 0.6 is 12.4 Å². The fourth-order valence-electron chi connectivity index (χ4n) is 2.70. The van der Waals surface area contributed by atoms with Crippen molar-refractivity contribution in [2.24, 2.45) is 11.8 Å². The summed E-state index contributed by atoms with van der Waals surface area (Å²) in [6, 6.07) is 7.80. The largest absolute Gasteiger partial charge is 0.344 e. The van der Waals surface area contributed by atoms with Gasteiger partial charge in [-0.1, -0.05) is 43.3 Å². The fourth-order valence-corrected chi connectivity index (χ4v) is 2.70. The number of aromatic nitrogens is 2. The van der Waals surface area contributed by atoms with Crippen LogP contribution in [-0.2, 0) is 11.2 Å². The van der Waals surface area contributed by atoms with Crippen LogP contribution in [0.4, 0.5) is 0 Å². The molecule has 7 heteroatoms. The van der Waals surface area contributed by atoms with Crippen molar-refractivity contribution in [2.75, 3.05) is 13.1 Å². The molecule has 2 unspecified atom stereocenters. The third-order valence-corrected chi connectivity index (χ3v) is 4.73. The second-order valence-electron chi connectivity index (χ2n) is 6.44. The molecule has 0 aliphatic carbocycles. The van der Waals surface area contributed by atoms with Gasteiger partial charge in [-0.25, -0.2) is 0 Å². The molecule has 25 heavy (non-hydrogen) atoms. The van der Waals surface area contributed by atoms with Crippen molar-refractivity contribution >= 4 is 18.3 Å². The molecule has 1 aromatic heterocycles. The second-order valence-corrected chi connectivity index (χ2v) is 6.44. The van der Waals surface area contributed by atoms with Crippen LogP contribution in [0, 0.1) is 11.8 Å².